The van der Waals surface area contributed by atoms with Crippen LogP contribution in [0.5, 0.6) is 0 Å². The van der Waals surface area contributed by atoms with Gasteiger partial charge in [0.15, 0.2) is 0 Å². The van der Waals surface area contributed by atoms with Crippen LogP contribution in [0.4, 0.5) is 0 Å². The number of morpholine rings is 1. The molecular weight excluding hydrogens is 403 g/mol. The zero-order valence-corrected chi connectivity index (χ0v) is 18.1. The molecule has 3 rings (SSSR count). The Morgan fingerprint density at radius 3 is 2.75 bits per heavy atom. The predicted octanol–water partition coefficient (Wildman–Crippen LogP) is 1.06. The quantitative estimate of drug-likeness (QED) is 0.699. The summed E-state index contributed by atoms with van der Waals surface area (Å²) in [7, 11) is 0. The Balaban J connectivity index is 0.00000196. The molecule has 2 N–H and O–H groups in total. The summed E-state index contributed by atoms with van der Waals surface area (Å²) < 4.78 is 7.02. The fourth-order valence-electron chi connectivity index (χ4n) is 3.68. The van der Waals surface area contributed by atoms with Gasteiger partial charge in [-0.3, -0.25) is 14.5 Å². The largest absolute Gasteiger partial charge is 0.379 e. The average molecular weight is 435 g/mol. The first-order valence-electron chi connectivity index (χ1n) is 9.64. The number of ether oxygens (including phenoxy) is 1. The minimum absolute atomic E-state index is 0. The van der Waals surface area contributed by atoms with Gasteiger partial charge in [0.1, 0.15) is 5.56 Å². The Hall–Kier alpha value is -1.12. The van der Waals surface area contributed by atoms with E-state index >= 15 is 0 Å². The average Bonchev–Trinajstić information content (AvgIpc) is 2.66. The number of rotatable bonds is 6. The lowest BCUT2D eigenvalue weighted by Crippen LogP contribution is -2.42. The van der Waals surface area contributed by atoms with Crippen molar-refractivity contribution in [2.24, 2.45) is 5.92 Å². The molecule has 1 aromatic heterocycles. The van der Waals surface area contributed by atoms with E-state index in [0.717, 1.165) is 64.3 Å². The van der Waals surface area contributed by atoms with E-state index in [1.807, 2.05) is 19.2 Å². The molecule has 0 saturated carbocycles. The molecular formula is C19H32Cl2N4O3. The number of aromatic nitrogens is 1. The van der Waals surface area contributed by atoms with Crippen LogP contribution < -0.4 is 16.2 Å². The second-order valence-corrected chi connectivity index (χ2v) is 7.25. The Kier molecular flexibility index (Phi) is 11.1. The molecule has 0 aliphatic carbocycles. The van der Waals surface area contributed by atoms with Crippen LogP contribution in [0.3, 0.4) is 0 Å². The third kappa shape index (κ3) is 6.74. The predicted molar refractivity (Wildman–Crippen MR) is 115 cm³/mol. The van der Waals surface area contributed by atoms with Crippen molar-refractivity contribution in [3.8, 4) is 0 Å². The minimum Gasteiger partial charge on any atom is -0.379 e. The molecule has 28 heavy (non-hydrogen) atoms. The first kappa shape index (κ1) is 24.9. The first-order valence-corrected chi connectivity index (χ1v) is 9.64. The van der Waals surface area contributed by atoms with E-state index in [9.17, 15) is 9.59 Å². The Labute approximate surface area is 179 Å². The molecule has 1 aromatic rings. The number of carbonyl (C=O) groups is 1. The van der Waals surface area contributed by atoms with Crippen LogP contribution in [0.15, 0.2) is 17.1 Å². The summed E-state index contributed by atoms with van der Waals surface area (Å²) in [6.07, 6.45) is 4.07. The summed E-state index contributed by atoms with van der Waals surface area (Å²) in [5.74, 6) is 0.179. The fourth-order valence-corrected chi connectivity index (χ4v) is 3.68. The third-order valence-electron chi connectivity index (χ3n) is 5.27. The molecule has 1 atom stereocenters. The van der Waals surface area contributed by atoms with Gasteiger partial charge < -0.3 is 19.9 Å². The van der Waals surface area contributed by atoms with E-state index < -0.39 is 0 Å². The van der Waals surface area contributed by atoms with Crippen LogP contribution in [0, 0.1) is 12.8 Å². The van der Waals surface area contributed by atoms with Gasteiger partial charge in [0.2, 0.25) is 0 Å². The van der Waals surface area contributed by atoms with Gasteiger partial charge in [-0.15, -0.1) is 24.8 Å². The van der Waals surface area contributed by atoms with E-state index in [-0.39, 0.29) is 41.8 Å². The highest BCUT2D eigenvalue weighted by molar-refractivity contribution is 5.95. The molecule has 0 bridgehead atoms. The Bertz CT molecular complexity index is 672. The molecule has 2 saturated heterocycles. The Morgan fingerprint density at radius 1 is 1.32 bits per heavy atom. The summed E-state index contributed by atoms with van der Waals surface area (Å²) in [5, 5.41) is 6.29. The molecule has 2 aliphatic rings. The highest BCUT2D eigenvalue weighted by Crippen LogP contribution is 2.12. The summed E-state index contributed by atoms with van der Waals surface area (Å²) in [6.45, 7) is 9.06. The summed E-state index contributed by atoms with van der Waals surface area (Å²) >= 11 is 0. The van der Waals surface area contributed by atoms with E-state index in [2.05, 4.69) is 15.5 Å². The monoisotopic (exact) mass is 434 g/mol. The third-order valence-corrected chi connectivity index (χ3v) is 5.27. The maximum absolute atomic E-state index is 12.8. The van der Waals surface area contributed by atoms with Gasteiger partial charge >= 0.3 is 0 Å². The lowest BCUT2D eigenvalue weighted by molar-refractivity contribution is 0.0383. The summed E-state index contributed by atoms with van der Waals surface area (Å²) in [5.41, 5.74) is 0.828. The molecule has 1 amide bonds. The van der Waals surface area contributed by atoms with E-state index in [0.29, 0.717) is 19.0 Å². The molecule has 0 aromatic carbocycles. The number of pyridine rings is 1. The van der Waals surface area contributed by atoms with Gasteiger partial charge in [-0.2, -0.15) is 0 Å². The molecule has 0 radical (unpaired) electrons. The molecule has 2 aliphatic heterocycles. The molecule has 160 valence electrons. The maximum atomic E-state index is 12.8. The van der Waals surface area contributed by atoms with Crippen LogP contribution >= 0.6 is 24.8 Å². The number of carbonyl (C=O) groups excluding carboxylic acids is 1. The molecule has 7 nitrogen and oxygen atoms in total. The zero-order valence-electron chi connectivity index (χ0n) is 16.4. The van der Waals surface area contributed by atoms with Crippen LogP contribution in [-0.4, -0.2) is 67.9 Å². The van der Waals surface area contributed by atoms with Crippen LogP contribution in [0.25, 0.3) is 0 Å². The van der Waals surface area contributed by atoms with Crippen molar-refractivity contribution in [1.82, 2.24) is 20.1 Å². The molecule has 9 heteroatoms. The molecule has 1 unspecified atom stereocenters. The molecule has 0 spiro atoms. The SMILES string of the molecule is Cc1ccn(CC2CCCNC2)c(=O)c1C(=O)NCCN1CCOCC1.Cl.Cl. The van der Waals surface area contributed by atoms with Gasteiger partial charge in [-0.05, 0) is 50.4 Å². The van der Waals surface area contributed by atoms with Crippen LogP contribution in [0.1, 0.15) is 28.8 Å². The smallest absolute Gasteiger partial charge is 0.263 e. The number of amides is 1. The van der Waals surface area contributed by atoms with Crippen LogP contribution in [-0.2, 0) is 11.3 Å². The molecule has 2 fully saturated rings. The van der Waals surface area contributed by atoms with Gasteiger partial charge in [0, 0.05) is 38.9 Å². The van der Waals surface area contributed by atoms with Crippen molar-refractivity contribution in [3.63, 3.8) is 0 Å². The normalized spacial score (nSPS) is 20.0. The van der Waals surface area contributed by atoms with Crippen molar-refractivity contribution >= 4 is 30.7 Å². The summed E-state index contributed by atoms with van der Waals surface area (Å²) in [4.78, 5) is 27.7. The van der Waals surface area contributed by atoms with E-state index in [4.69, 9.17) is 4.74 Å². The minimum atomic E-state index is -0.267. The number of aryl methyl sites for hydroxylation is 1. The maximum Gasteiger partial charge on any atom is 0.263 e. The standard InChI is InChI=1S/C19H30N4O3.2ClH/c1-15-4-7-23(14-16-3-2-5-20-13-16)19(25)17(15)18(24)21-6-8-22-9-11-26-12-10-22;;/h4,7,16,20H,2-3,5-6,8-14H2,1H3,(H,21,24);2*1H. The van der Waals surface area contributed by atoms with E-state index in [1.165, 1.54) is 0 Å². The van der Waals surface area contributed by atoms with Crippen molar-refractivity contribution in [2.75, 3.05) is 52.5 Å². The lowest BCUT2D eigenvalue weighted by Gasteiger charge is -2.26. The van der Waals surface area contributed by atoms with Crippen molar-refractivity contribution < 1.29 is 9.53 Å². The van der Waals surface area contributed by atoms with Gasteiger partial charge in [0.05, 0.1) is 13.2 Å². The topological polar surface area (TPSA) is 75.6 Å². The summed E-state index contributed by atoms with van der Waals surface area (Å²) in [6, 6.07) is 1.87. The second-order valence-electron chi connectivity index (χ2n) is 7.25. The number of nitrogens with zero attached hydrogens (tertiary/aromatic N) is 2. The number of hydrogen-bond acceptors (Lipinski definition) is 5. The van der Waals surface area contributed by atoms with Crippen molar-refractivity contribution in [2.45, 2.75) is 26.3 Å². The zero-order chi connectivity index (χ0) is 18.4. The number of nitrogens with one attached hydrogen (secondary N) is 2. The second kappa shape index (κ2) is 12.4. The van der Waals surface area contributed by atoms with Gasteiger partial charge in [-0.1, -0.05) is 0 Å². The highest BCUT2D eigenvalue weighted by atomic mass is 35.5. The fraction of sp³-hybridized carbons (Fsp3) is 0.684. The Morgan fingerprint density at radius 2 is 2.07 bits per heavy atom. The number of halogens is 2. The van der Waals surface area contributed by atoms with Crippen LogP contribution in [0.2, 0.25) is 0 Å². The first-order chi connectivity index (χ1) is 12.6. The van der Waals surface area contributed by atoms with Crippen molar-refractivity contribution in [3.05, 3.63) is 33.7 Å². The van der Waals surface area contributed by atoms with Gasteiger partial charge in [0.25, 0.3) is 11.5 Å². The van der Waals surface area contributed by atoms with E-state index in [1.54, 1.807) is 4.57 Å². The van der Waals surface area contributed by atoms with Gasteiger partial charge in [-0.25, -0.2) is 0 Å². The molecule has 3 heterocycles. The lowest BCUT2D eigenvalue weighted by atomic mass is 9.99. The highest BCUT2D eigenvalue weighted by Gasteiger charge is 2.19. The number of piperidine rings is 1. The number of hydrogen-bond donors (Lipinski definition) is 2. The van der Waals surface area contributed by atoms with Crippen molar-refractivity contribution in [1.29, 1.82) is 0 Å².